The molecule has 0 atom stereocenters. The minimum Gasteiger partial charge on any atom is -0.376 e. The number of benzene rings is 2. The van der Waals surface area contributed by atoms with Gasteiger partial charge in [-0.15, -0.1) is 0 Å². The molecular formula is C22H18F12O6S3. The van der Waals surface area contributed by atoms with Crippen LogP contribution in [0.1, 0.15) is 35.1 Å². The van der Waals surface area contributed by atoms with Gasteiger partial charge in [0.05, 0.1) is 11.1 Å². The zero-order valence-corrected chi connectivity index (χ0v) is 23.4. The third kappa shape index (κ3) is 9.72. The molecule has 0 fully saturated rings. The molecule has 0 aliphatic heterocycles. The minimum atomic E-state index is -6.30. The van der Waals surface area contributed by atoms with Crippen molar-refractivity contribution >= 4 is 32.0 Å². The average Bonchev–Trinajstić information content (AvgIpc) is 2.81. The third-order valence-corrected chi connectivity index (χ3v) is 8.36. The smallest absolute Gasteiger partial charge is 0.376 e. The number of halogens is 12. The molecule has 2 aromatic rings. The zero-order chi connectivity index (χ0) is 33.1. The fourth-order valence-corrected chi connectivity index (χ4v) is 5.34. The van der Waals surface area contributed by atoms with Gasteiger partial charge in [0.2, 0.25) is 0 Å². The SMILES string of the molecule is O=S(=O)(Oc1cccc(C(F)(F)F)c1CCCSCCCc1c(OS(=O)(=O)C(F)(F)F)cccc1C(F)(F)F)C(F)(F)F. The summed E-state index contributed by atoms with van der Waals surface area (Å²) in [6.07, 6.45) is -11.9. The van der Waals surface area contributed by atoms with Crippen LogP contribution in [0.25, 0.3) is 0 Å². The Morgan fingerprint density at radius 1 is 0.558 bits per heavy atom. The van der Waals surface area contributed by atoms with Crippen molar-refractivity contribution in [2.75, 3.05) is 11.5 Å². The lowest BCUT2D eigenvalue weighted by molar-refractivity contribution is -0.139. The summed E-state index contributed by atoms with van der Waals surface area (Å²) >= 11 is 0.924. The van der Waals surface area contributed by atoms with E-state index in [1.807, 2.05) is 0 Å². The van der Waals surface area contributed by atoms with Crippen molar-refractivity contribution in [3.8, 4) is 11.5 Å². The van der Waals surface area contributed by atoms with E-state index >= 15 is 0 Å². The monoisotopic (exact) mass is 702 g/mol. The number of hydrogen-bond donors (Lipinski definition) is 0. The first kappa shape index (κ1) is 36.6. The van der Waals surface area contributed by atoms with Gasteiger partial charge in [0.1, 0.15) is 11.5 Å². The molecule has 0 spiro atoms. The summed E-state index contributed by atoms with van der Waals surface area (Å²) in [7, 11) is -12.6. The Morgan fingerprint density at radius 3 is 1.16 bits per heavy atom. The minimum absolute atomic E-state index is 0.0512. The topological polar surface area (TPSA) is 86.7 Å². The number of alkyl halides is 12. The molecule has 0 N–H and O–H groups in total. The number of rotatable bonds is 12. The molecule has 0 radical (unpaired) electrons. The second-order valence-electron chi connectivity index (χ2n) is 8.35. The van der Waals surface area contributed by atoms with Crippen LogP contribution in [0.5, 0.6) is 11.5 Å². The third-order valence-electron chi connectivity index (χ3n) is 5.27. The van der Waals surface area contributed by atoms with E-state index in [-0.39, 0.29) is 24.3 Å². The molecule has 0 bridgehead atoms. The van der Waals surface area contributed by atoms with Crippen molar-refractivity contribution < 1.29 is 77.9 Å². The van der Waals surface area contributed by atoms with Crippen molar-refractivity contribution in [2.45, 2.75) is 49.1 Å². The molecule has 244 valence electrons. The van der Waals surface area contributed by atoms with Gasteiger partial charge >= 0.3 is 43.6 Å². The fraction of sp³-hybridized carbons (Fsp3) is 0.455. The summed E-state index contributed by atoms with van der Waals surface area (Å²) in [6, 6.07) is 3.45. The Balaban J connectivity index is 2.13. The van der Waals surface area contributed by atoms with Crippen LogP contribution in [-0.2, 0) is 45.4 Å². The number of hydrogen-bond acceptors (Lipinski definition) is 7. The maximum atomic E-state index is 13.4. The van der Waals surface area contributed by atoms with Crippen LogP contribution in [-0.4, -0.2) is 39.4 Å². The van der Waals surface area contributed by atoms with Gasteiger partial charge in [0.25, 0.3) is 0 Å². The van der Waals surface area contributed by atoms with Crippen LogP contribution in [0.2, 0.25) is 0 Å². The lowest BCUT2D eigenvalue weighted by atomic mass is 10.0. The van der Waals surface area contributed by atoms with Gasteiger partial charge in [0.15, 0.2) is 0 Å². The van der Waals surface area contributed by atoms with Crippen molar-refractivity contribution in [3.63, 3.8) is 0 Å². The normalized spacial score (nSPS) is 13.7. The highest BCUT2D eigenvalue weighted by Crippen LogP contribution is 2.40. The molecule has 0 unspecified atom stereocenters. The second kappa shape index (κ2) is 13.2. The molecule has 2 rings (SSSR count). The summed E-state index contributed by atoms with van der Waals surface area (Å²) in [5, 5.41) is 0. The van der Waals surface area contributed by atoms with E-state index in [0.717, 1.165) is 11.8 Å². The van der Waals surface area contributed by atoms with E-state index in [4.69, 9.17) is 0 Å². The van der Waals surface area contributed by atoms with Gasteiger partial charge in [-0.05, 0) is 61.5 Å². The Labute approximate surface area is 240 Å². The van der Waals surface area contributed by atoms with Gasteiger partial charge < -0.3 is 8.37 Å². The molecule has 0 heterocycles. The maximum Gasteiger partial charge on any atom is 0.534 e. The van der Waals surface area contributed by atoms with Crippen molar-refractivity contribution in [3.05, 3.63) is 58.7 Å². The van der Waals surface area contributed by atoms with Crippen LogP contribution < -0.4 is 8.37 Å². The van der Waals surface area contributed by atoms with Crippen molar-refractivity contribution in [1.29, 1.82) is 0 Å². The standard InChI is InChI=1S/C22H18F12O6S3/c23-19(24,25)15-7-1-9-17(39-42(35,36)21(29,30)31)13(15)5-3-11-41-12-4-6-14-16(20(26,27)28)8-2-10-18(14)40-43(37,38)22(32,33)34/h1-2,7-10H,3-6,11-12H2. The Kier molecular flexibility index (Phi) is 11.3. The summed E-state index contributed by atoms with van der Waals surface area (Å²) in [6.45, 7) is 0. The molecule has 0 aromatic heterocycles. The Morgan fingerprint density at radius 2 is 0.884 bits per heavy atom. The summed E-state index contributed by atoms with van der Waals surface area (Å²) in [5.41, 5.74) is -16.6. The molecule has 0 aliphatic carbocycles. The molecule has 0 saturated carbocycles. The fourth-order valence-electron chi connectivity index (χ4n) is 3.47. The van der Waals surface area contributed by atoms with Gasteiger partial charge in [-0.1, -0.05) is 12.1 Å². The van der Waals surface area contributed by atoms with Gasteiger partial charge in [-0.3, -0.25) is 0 Å². The first-order chi connectivity index (χ1) is 19.4. The van der Waals surface area contributed by atoms with E-state index in [0.29, 0.717) is 36.4 Å². The first-order valence-corrected chi connectivity index (χ1v) is 15.3. The first-order valence-electron chi connectivity index (χ1n) is 11.4. The molecule has 0 aliphatic rings. The zero-order valence-electron chi connectivity index (χ0n) is 20.9. The molecule has 0 saturated heterocycles. The molecule has 2 aromatic carbocycles. The molecule has 43 heavy (non-hydrogen) atoms. The van der Waals surface area contributed by atoms with E-state index in [9.17, 15) is 69.5 Å². The van der Waals surface area contributed by atoms with Crippen molar-refractivity contribution in [2.24, 2.45) is 0 Å². The van der Waals surface area contributed by atoms with Crippen LogP contribution in [0.3, 0.4) is 0 Å². The molecular weight excluding hydrogens is 684 g/mol. The summed E-state index contributed by atoms with van der Waals surface area (Å²) < 4.78 is 210. The van der Waals surface area contributed by atoms with E-state index in [1.165, 1.54) is 0 Å². The van der Waals surface area contributed by atoms with Crippen LogP contribution in [0.15, 0.2) is 36.4 Å². The van der Waals surface area contributed by atoms with E-state index in [2.05, 4.69) is 8.37 Å². The maximum absolute atomic E-state index is 13.4. The molecule has 6 nitrogen and oxygen atoms in total. The highest BCUT2D eigenvalue weighted by molar-refractivity contribution is 7.99. The van der Waals surface area contributed by atoms with Gasteiger partial charge in [-0.25, -0.2) is 0 Å². The number of thioether (sulfide) groups is 1. The lowest BCUT2D eigenvalue weighted by Crippen LogP contribution is -2.28. The molecule has 21 heteroatoms. The van der Waals surface area contributed by atoms with E-state index in [1.54, 1.807) is 0 Å². The second-order valence-corrected chi connectivity index (χ2v) is 12.6. The Bertz CT molecular complexity index is 1370. The predicted octanol–water partition coefficient (Wildman–Crippen LogP) is 7.48. The van der Waals surface area contributed by atoms with Crippen LogP contribution >= 0.6 is 11.8 Å². The predicted molar refractivity (Wildman–Crippen MR) is 128 cm³/mol. The van der Waals surface area contributed by atoms with Crippen LogP contribution in [0.4, 0.5) is 52.7 Å². The highest BCUT2D eigenvalue weighted by Gasteiger charge is 2.50. The average molecular weight is 703 g/mol. The largest absolute Gasteiger partial charge is 0.534 e. The quantitative estimate of drug-likeness (QED) is 0.0982. The van der Waals surface area contributed by atoms with Crippen molar-refractivity contribution in [1.82, 2.24) is 0 Å². The van der Waals surface area contributed by atoms with Gasteiger partial charge in [-0.2, -0.15) is 81.3 Å². The highest BCUT2D eigenvalue weighted by atomic mass is 32.2. The Hall–Kier alpha value is -2.55. The van der Waals surface area contributed by atoms with Gasteiger partial charge in [0, 0.05) is 11.1 Å². The molecule has 0 amide bonds. The lowest BCUT2D eigenvalue weighted by Gasteiger charge is -2.18. The van der Waals surface area contributed by atoms with E-state index < -0.39 is 90.2 Å². The summed E-state index contributed by atoms with van der Waals surface area (Å²) in [4.78, 5) is 0. The summed E-state index contributed by atoms with van der Waals surface area (Å²) in [5.74, 6) is -2.51. The van der Waals surface area contributed by atoms with Crippen LogP contribution in [0, 0.1) is 0 Å².